The molecule has 2 aromatic carbocycles. The van der Waals surface area contributed by atoms with Gasteiger partial charge in [0.05, 0.1) is 26.4 Å². The zero-order valence-electron chi connectivity index (χ0n) is 13.6. The molecule has 6 heteroatoms. The summed E-state index contributed by atoms with van der Waals surface area (Å²) < 4.78 is 21.9. The molecule has 0 unspecified atom stereocenters. The molecule has 130 valence electrons. The minimum absolute atomic E-state index is 0.476. The molecule has 4 N–H and O–H groups in total. The van der Waals surface area contributed by atoms with Gasteiger partial charge in [0.25, 0.3) is 0 Å². The van der Waals surface area contributed by atoms with Crippen molar-refractivity contribution in [2.75, 3.05) is 51.1 Å². The first-order valence-corrected chi connectivity index (χ1v) is 7.86. The molecule has 0 radical (unpaired) electrons. The molecule has 0 spiro atoms. The van der Waals surface area contributed by atoms with Gasteiger partial charge < -0.3 is 30.4 Å². The number of nitrogens with two attached hydrogens (primary N) is 2. The average molecular weight is 332 g/mol. The van der Waals surface area contributed by atoms with Gasteiger partial charge >= 0.3 is 0 Å². The quantitative estimate of drug-likeness (QED) is 0.485. The van der Waals surface area contributed by atoms with Crippen LogP contribution in [0.25, 0.3) is 0 Å². The van der Waals surface area contributed by atoms with Crippen LogP contribution in [0.4, 0.5) is 11.4 Å². The number of nitrogen functional groups attached to an aromatic ring is 2. The van der Waals surface area contributed by atoms with Crippen molar-refractivity contribution in [3.8, 4) is 11.5 Å². The molecule has 0 saturated carbocycles. The van der Waals surface area contributed by atoms with Crippen molar-refractivity contribution in [1.82, 2.24) is 0 Å². The van der Waals surface area contributed by atoms with E-state index in [9.17, 15) is 0 Å². The van der Waals surface area contributed by atoms with Crippen molar-refractivity contribution >= 4 is 11.4 Å². The summed E-state index contributed by atoms with van der Waals surface area (Å²) in [6.07, 6.45) is 0. The van der Waals surface area contributed by atoms with Crippen molar-refractivity contribution in [2.24, 2.45) is 0 Å². The first-order valence-electron chi connectivity index (χ1n) is 7.86. The summed E-state index contributed by atoms with van der Waals surface area (Å²) in [7, 11) is 0. The highest BCUT2D eigenvalue weighted by Crippen LogP contribution is 2.14. The zero-order valence-corrected chi connectivity index (χ0v) is 13.6. The minimum atomic E-state index is 0.476. The van der Waals surface area contributed by atoms with Crippen LogP contribution in [0, 0.1) is 0 Å². The normalized spacial score (nSPS) is 10.5. The number of benzene rings is 2. The van der Waals surface area contributed by atoms with E-state index in [-0.39, 0.29) is 0 Å². The monoisotopic (exact) mass is 332 g/mol. The zero-order chi connectivity index (χ0) is 17.0. The lowest BCUT2D eigenvalue weighted by Gasteiger charge is -2.09. The van der Waals surface area contributed by atoms with Gasteiger partial charge in [-0.15, -0.1) is 0 Å². The van der Waals surface area contributed by atoms with Crippen LogP contribution in [0.5, 0.6) is 11.5 Å². The van der Waals surface area contributed by atoms with Crippen molar-refractivity contribution in [3.63, 3.8) is 0 Å². The Morgan fingerprint density at radius 3 is 1.79 bits per heavy atom. The molecule has 0 fully saturated rings. The SMILES string of the molecule is Nc1ccc(OCCOCCOCCOc2cccc(N)c2)cc1. The highest BCUT2D eigenvalue weighted by Gasteiger charge is 1.96. The lowest BCUT2D eigenvalue weighted by atomic mass is 10.3. The van der Waals surface area contributed by atoms with Gasteiger partial charge in [0.1, 0.15) is 24.7 Å². The molecule has 0 saturated heterocycles. The Morgan fingerprint density at radius 2 is 1.17 bits per heavy atom. The number of rotatable bonds is 11. The van der Waals surface area contributed by atoms with Crippen LogP contribution >= 0.6 is 0 Å². The molecule has 24 heavy (non-hydrogen) atoms. The fourth-order valence-electron chi connectivity index (χ4n) is 1.93. The highest BCUT2D eigenvalue weighted by molar-refractivity contribution is 5.43. The van der Waals surface area contributed by atoms with Crippen LogP contribution in [0.15, 0.2) is 48.5 Å². The average Bonchev–Trinajstić information content (AvgIpc) is 2.58. The van der Waals surface area contributed by atoms with E-state index in [0.29, 0.717) is 45.3 Å². The number of hydrogen-bond acceptors (Lipinski definition) is 6. The van der Waals surface area contributed by atoms with Crippen LogP contribution in [0.1, 0.15) is 0 Å². The van der Waals surface area contributed by atoms with E-state index in [1.165, 1.54) is 0 Å². The Labute approximate surface area is 142 Å². The summed E-state index contributed by atoms with van der Waals surface area (Å²) in [6, 6.07) is 14.6. The van der Waals surface area contributed by atoms with E-state index in [1.54, 1.807) is 18.2 Å². The summed E-state index contributed by atoms with van der Waals surface area (Å²) in [4.78, 5) is 0. The summed E-state index contributed by atoms with van der Waals surface area (Å²) in [5, 5.41) is 0. The van der Waals surface area contributed by atoms with Gasteiger partial charge in [0.15, 0.2) is 0 Å². The lowest BCUT2D eigenvalue weighted by molar-refractivity contribution is 0.0273. The van der Waals surface area contributed by atoms with Gasteiger partial charge in [0.2, 0.25) is 0 Å². The first kappa shape index (κ1) is 17.9. The second kappa shape index (κ2) is 10.4. The molecule has 2 aromatic rings. The number of ether oxygens (including phenoxy) is 4. The fraction of sp³-hybridized carbons (Fsp3) is 0.333. The first-order chi connectivity index (χ1) is 11.7. The summed E-state index contributed by atoms with van der Waals surface area (Å²) in [6.45, 7) is 3.01. The molecule has 0 bridgehead atoms. The topological polar surface area (TPSA) is 89.0 Å². The Bertz CT molecular complexity index is 590. The Balaban J connectivity index is 1.41. The molecular formula is C18H24N2O4. The van der Waals surface area contributed by atoms with Crippen molar-refractivity contribution in [3.05, 3.63) is 48.5 Å². The van der Waals surface area contributed by atoms with E-state index in [0.717, 1.165) is 17.2 Å². The van der Waals surface area contributed by atoms with E-state index in [4.69, 9.17) is 30.4 Å². The largest absolute Gasteiger partial charge is 0.491 e. The lowest BCUT2D eigenvalue weighted by Crippen LogP contribution is -2.13. The van der Waals surface area contributed by atoms with Crippen molar-refractivity contribution in [1.29, 1.82) is 0 Å². The number of hydrogen-bond donors (Lipinski definition) is 2. The van der Waals surface area contributed by atoms with E-state index >= 15 is 0 Å². The molecule has 0 amide bonds. The van der Waals surface area contributed by atoms with E-state index < -0.39 is 0 Å². The second-order valence-corrected chi connectivity index (χ2v) is 5.06. The summed E-state index contributed by atoms with van der Waals surface area (Å²) in [5.74, 6) is 1.53. The third-order valence-electron chi connectivity index (χ3n) is 3.10. The smallest absolute Gasteiger partial charge is 0.121 e. The maximum absolute atomic E-state index is 5.67. The second-order valence-electron chi connectivity index (χ2n) is 5.06. The summed E-state index contributed by atoms with van der Waals surface area (Å²) in [5.41, 5.74) is 12.7. The van der Waals surface area contributed by atoms with E-state index in [1.807, 2.05) is 30.3 Å². The van der Waals surface area contributed by atoms with E-state index in [2.05, 4.69) is 0 Å². The minimum Gasteiger partial charge on any atom is -0.491 e. The maximum atomic E-state index is 5.67. The standard InChI is InChI=1S/C18H24N2O4/c19-15-4-6-17(7-5-15)23-12-10-21-8-9-22-11-13-24-18-3-1-2-16(20)14-18/h1-7,14H,8-13,19-20H2. The molecule has 0 aromatic heterocycles. The third kappa shape index (κ3) is 7.21. The molecule has 0 atom stereocenters. The predicted molar refractivity (Wildman–Crippen MR) is 94.3 cm³/mol. The molecule has 2 rings (SSSR count). The van der Waals surface area contributed by atoms with Gasteiger partial charge in [-0.3, -0.25) is 0 Å². The third-order valence-corrected chi connectivity index (χ3v) is 3.10. The molecule has 6 nitrogen and oxygen atoms in total. The predicted octanol–water partition coefficient (Wildman–Crippen LogP) is 2.34. The van der Waals surface area contributed by atoms with Crippen LogP contribution in [-0.4, -0.2) is 39.6 Å². The Kier molecular flexibility index (Phi) is 7.73. The summed E-state index contributed by atoms with van der Waals surface area (Å²) >= 11 is 0. The molecule has 0 aliphatic carbocycles. The van der Waals surface area contributed by atoms with Crippen LogP contribution in [0.3, 0.4) is 0 Å². The van der Waals surface area contributed by atoms with Crippen molar-refractivity contribution in [2.45, 2.75) is 0 Å². The van der Waals surface area contributed by atoms with Gasteiger partial charge in [-0.05, 0) is 36.4 Å². The molecule has 0 aliphatic heterocycles. The maximum Gasteiger partial charge on any atom is 0.121 e. The van der Waals surface area contributed by atoms with Gasteiger partial charge in [-0.2, -0.15) is 0 Å². The van der Waals surface area contributed by atoms with Gasteiger partial charge in [-0.25, -0.2) is 0 Å². The van der Waals surface area contributed by atoms with Crippen LogP contribution < -0.4 is 20.9 Å². The highest BCUT2D eigenvalue weighted by atomic mass is 16.6. The fourth-order valence-corrected chi connectivity index (χ4v) is 1.93. The number of anilines is 2. The Hall–Kier alpha value is -2.44. The van der Waals surface area contributed by atoms with Crippen LogP contribution in [0.2, 0.25) is 0 Å². The molecular weight excluding hydrogens is 308 g/mol. The Morgan fingerprint density at radius 1 is 0.583 bits per heavy atom. The van der Waals surface area contributed by atoms with Gasteiger partial charge in [-0.1, -0.05) is 6.07 Å². The van der Waals surface area contributed by atoms with Crippen LogP contribution in [-0.2, 0) is 9.47 Å². The molecule has 0 heterocycles. The van der Waals surface area contributed by atoms with Crippen molar-refractivity contribution < 1.29 is 18.9 Å². The van der Waals surface area contributed by atoms with Gasteiger partial charge in [0, 0.05) is 17.4 Å². The molecule has 0 aliphatic rings.